The molecule has 19 heavy (non-hydrogen) atoms. The van der Waals surface area contributed by atoms with Gasteiger partial charge in [-0.05, 0) is 56.4 Å². The van der Waals surface area contributed by atoms with Crippen molar-refractivity contribution < 1.29 is 9.53 Å². The van der Waals surface area contributed by atoms with Gasteiger partial charge in [-0.15, -0.1) is 0 Å². The van der Waals surface area contributed by atoms with Gasteiger partial charge in [0.05, 0.1) is 12.7 Å². The maximum atomic E-state index is 12.3. The minimum atomic E-state index is -0.0703. The molecule has 1 aliphatic carbocycles. The van der Waals surface area contributed by atoms with E-state index in [0.717, 1.165) is 30.4 Å². The van der Waals surface area contributed by atoms with Gasteiger partial charge in [-0.1, -0.05) is 0 Å². The number of benzene rings is 1. The molecule has 2 rings (SSSR count). The highest BCUT2D eigenvalue weighted by Crippen LogP contribution is 2.24. The lowest BCUT2D eigenvalue weighted by molar-refractivity contribution is 0.0934. The molecule has 1 amide bonds. The second-order valence-corrected chi connectivity index (χ2v) is 5.38. The summed E-state index contributed by atoms with van der Waals surface area (Å²) in [7, 11) is 1.59. The highest BCUT2D eigenvalue weighted by Gasteiger charge is 2.24. The van der Waals surface area contributed by atoms with Crippen molar-refractivity contribution in [1.29, 1.82) is 0 Å². The van der Waals surface area contributed by atoms with Gasteiger partial charge in [0, 0.05) is 12.1 Å². The van der Waals surface area contributed by atoms with Crippen molar-refractivity contribution >= 4 is 5.91 Å². The Morgan fingerprint density at radius 2 is 2.00 bits per heavy atom. The Balaban J connectivity index is 2.16. The van der Waals surface area contributed by atoms with Crippen LogP contribution in [0.15, 0.2) is 12.1 Å². The van der Waals surface area contributed by atoms with Crippen LogP contribution in [0.4, 0.5) is 0 Å². The highest BCUT2D eigenvalue weighted by atomic mass is 16.5. The molecule has 4 nitrogen and oxygen atoms in total. The van der Waals surface area contributed by atoms with E-state index in [1.807, 2.05) is 26.0 Å². The Hall–Kier alpha value is -1.55. The molecule has 0 aliphatic heterocycles. The summed E-state index contributed by atoms with van der Waals surface area (Å²) in [6.07, 6.45) is 2.80. The molecule has 104 valence electrons. The molecule has 1 fully saturated rings. The minimum absolute atomic E-state index is 0.0703. The SMILES string of the molecule is COc1cc(C)c(C)cc1C(=O)NC1CCC(N)C1. The van der Waals surface area contributed by atoms with E-state index in [1.165, 1.54) is 0 Å². The zero-order valence-corrected chi connectivity index (χ0v) is 11.8. The summed E-state index contributed by atoms with van der Waals surface area (Å²) < 4.78 is 5.30. The van der Waals surface area contributed by atoms with Crippen molar-refractivity contribution in [2.24, 2.45) is 5.73 Å². The number of hydrogen-bond acceptors (Lipinski definition) is 3. The Kier molecular flexibility index (Phi) is 4.10. The van der Waals surface area contributed by atoms with E-state index in [4.69, 9.17) is 10.5 Å². The third-order valence-electron chi connectivity index (χ3n) is 3.87. The van der Waals surface area contributed by atoms with Crippen LogP contribution in [-0.4, -0.2) is 25.1 Å². The standard InChI is InChI=1S/C15H22N2O2/c1-9-6-13(14(19-3)7-10(9)2)15(18)17-12-5-4-11(16)8-12/h6-7,11-12H,4-5,8,16H2,1-3H3,(H,17,18). The number of nitrogens with one attached hydrogen (secondary N) is 1. The summed E-state index contributed by atoms with van der Waals surface area (Å²) in [5.41, 5.74) is 8.68. The van der Waals surface area contributed by atoms with E-state index < -0.39 is 0 Å². The van der Waals surface area contributed by atoms with Gasteiger partial charge >= 0.3 is 0 Å². The molecule has 2 unspecified atom stereocenters. The fourth-order valence-electron chi connectivity index (χ4n) is 2.55. The molecule has 1 aromatic rings. The molecule has 0 radical (unpaired) electrons. The van der Waals surface area contributed by atoms with E-state index in [1.54, 1.807) is 7.11 Å². The van der Waals surface area contributed by atoms with Crippen LogP contribution in [0, 0.1) is 13.8 Å². The first-order chi connectivity index (χ1) is 9.01. The van der Waals surface area contributed by atoms with Crippen molar-refractivity contribution in [3.05, 3.63) is 28.8 Å². The summed E-state index contributed by atoms with van der Waals surface area (Å²) in [6, 6.07) is 4.20. The first-order valence-electron chi connectivity index (χ1n) is 6.73. The van der Waals surface area contributed by atoms with Gasteiger partial charge in [0.2, 0.25) is 0 Å². The third-order valence-corrected chi connectivity index (χ3v) is 3.87. The molecule has 1 aromatic carbocycles. The maximum absolute atomic E-state index is 12.3. The Labute approximate surface area is 114 Å². The predicted octanol–water partition coefficient (Wildman–Crippen LogP) is 1.92. The van der Waals surface area contributed by atoms with Gasteiger partial charge in [-0.2, -0.15) is 0 Å². The van der Waals surface area contributed by atoms with Crippen LogP contribution in [0.25, 0.3) is 0 Å². The summed E-state index contributed by atoms with van der Waals surface area (Å²) in [5, 5.41) is 3.05. The monoisotopic (exact) mass is 262 g/mol. The first-order valence-corrected chi connectivity index (χ1v) is 6.73. The quantitative estimate of drug-likeness (QED) is 0.874. The van der Waals surface area contributed by atoms with Crippen LogP contribution in [0.5, 0.6) is 5.75 Å². The topological polar surface area (TPSA) is 64.3 Å². The molecule has 2 atom stereocenters. The minimum Gasteiger partial charge on any atom is -0.496 e. The average Bonchev–Trinajstić information content (AvgIpc) is 2.77. The van der Waals surface area contributed by atoms with Crippen LogP contribution in [0.2, 0.25) is 0 Å². The molecule has 4 heteroatoms. The number of nitrogens with two attached hydrogens (primary N) is 1. The van der Waals surface area contributed by atoms with E-state index in [2.05, 4.69) is 5.32 Å². The number of ether oxygens (including phenoxy) is 1. The Bertz CT molecular complexity index is 485. The van der Waals surface area contributed by atoms with E-state index >= 15 is 0 Å². The zero-order chi connectivity index (χ0) is 14.0. The van der Waals surface area contributed by atoms with Gasteiger partial charge in [-0.25, -0.2) is 0 Å². The summed E-state index contributed by atoms with van der Waals surface area (Å²) in [4.78, 5) is 12.3. The van der Waals surface area contributed by atoms with E-state index in [9.17, 15) is 4.79 Å². The number of methoxy groups -OCH3 is 1. The number of amides is 1. The largest absolute Gasteiger partial charge is 0.496 e. The van der Waals surface area contributed by atoms with Crippen molar-refractivity contribution in [3.63, 3.8) is 0 Å². The molecular formula is C15H22N2O2. The van der Waals surface area contributed by atoms with Crippen molar-refractivity contribution in [2.75, 3.05) is 7.11 Å². The number of hydrogen-bond donors (Lipinski definition) is 2. The fourth-order valence-corrected chi connectivity index (χ4v) is 2.55. The molecule has 3 N–H and O–H groups in total. The molecule has 1 saturated carbocycles. The summed E-state index contributed by atoms with van der Waals surface area (Å²) in [5.74, 6) is 0.557. The Morgan fingerprint density at radius 1 is 1.32 bits per heavy atom. The lowest BCUT2D eigenvalue weighted by Gasteiger charge is -2.15. The van der Waals surface area contributed by atoms with Gasteiger partial charge in [-0.3, -0.25) is 4.79 Å². The van der Waals surface area contributed by atoms with Gasteiger partial charge in [0.25, 0.3) is 5.91 Å². The fraction of sp³-hybridized carbons (Fsp3) is 0.533. The lowest BCUT2D eigenvalue weighted by atomic mass is 10.0. The van der Waals surface area contributed by atoms with Crippen molar-refractivity contribution in [2.45, 2.75) is 45.2 Å². The summed E-state index contributed by atoms with van der Waals surface area (Å²) in [6.45, 7) is 4.01. The summed E-state index contributed by atoms with van der Waals surface area (Å²) >= 11 is 0. The smallest absolute Gasteiger partial charge is 0.255 e. The first kappa shape index (κ1) is 13.9. The van der Waals surface area contributed by atoms with Crippen LogP contribution in [-0.2, 0) is 0 Å². The van der Waals surface area contributed by atoms with Crippen LogP contribution in [0.3, 0.4) is 0 Å². The van der Waals surface area contributed by atoms with E-state index in [0.29, 0.717) is 11.3 Å². The van der Waals surface area contributed by atoms with Gasteiger partial charge in [0.1, 0.15) is 5.75 Å². The molecule has 0 aromatic heterocycles. The molecule has 0 bridgehead atoms. The highest BCUT2D eigenvalue weighted by molar-refractivity contribution is 5.97. The second-order valence-electron chi connectivity index (χ2n) is 5.38. The molecule has 0 saturated heterocycles. The Morgan fingerprint density at radius 3 is 2.58 bits per heavy atom. The van der Waals surface area contributed by atoms with Crippen LogP contribution < -0.4 is 15.8 Å². The van der Waals surface area contributed by atoms with Crippen molar-refractivity contribution in [1.82, 2.24) is 5.32 Å². The lowest BCUT2D eigenvalue weighted by Crippen LogP contribution is -2.34. The van der Waals surface area contributed by atoms with Gasteiger partial charge < -0.3 is 15.8 Å². The number of aryl methyl sites for hydroxylation is 2. The molecular weight excluding hydrogens is 240 g/mol. The number of rotatable bonds is 3. The molecule has 0 heterocycles. The van der Waals surface area contributed by atoms with E-state index in [-0.39, 0.29) is 18.0 Å². The normalized spacial score (nSPS) is 22.3. The van der Waals surface area contributed by atoms with Crippen LogP contribution >= 0.6 is 0 Å². The van der Waals surface area contributed by atoms with Crippen LogP contribution in [0.1, 0.15) is 40.7 Å². The molecule has 0 spiro atoms. The average molecular weight is 262 g/mol. The number of carbonyl (C=O) groups is 1. The second kappa shape index (κ2) is 5.61. The van der Waals surface area contributed by atoms with Gasteiger partial charge in [0.15, 0.2) is 0 Å². The third kappa shape index (κ3) is 3.07. The van der Waals surface area contributed by atoms with Crippen molar-refractivity contribution in [3.8, 4) is 5.75 Å². The zero-order valence-electron chi connectivity index (χ0n) is 11.8. The molecule has 1 aliphatic rings. The number of carbonyl (C=O) groups excluding carboxylic acids is 1. The maximum Gasteiger partial charge on any atom is 0.255 e. The predicted molar refractivity (Wildman–Crippen MR) is 75.5 cm³/mol.